The Labute approximate surface area is 227 Å². The van der Waals surface area contributed by atoms with Crippen molar-refractivity contribution < 1.29 is 19.2 Å². The van der Waals surface area contributed by atoms with E-state index in [-0.39, 0.29) is 42.1 Å². The standard InChI is InChI=1S/C26H39N7O4S/c27-26(28)30-12-4-7-19(23(36)25-29-13-14-38-25)31-24(37)20-10-9-18-15-32(16-22(35)33(18)20)21(34)11-8-17-5-2-1-3-6-17/h13-14,17-20H,1-12,15-16H2,(H,31,37)(H4,27,28,30)/t18-,19?,20-/m0/s1. The van der Waals surface area contributed by atoms with E-state index in [0.717, 1.165) is 6.42 Å². The molecule has 208 valence electrons. The highest BCUT2D eigenvalue weighted by Crippen LogP contribution is 2.31. The molecule has 11 nitrogen and oxygen atoms in total. The number of hydrogen-bond donors (Lipinski definition) is 3. The summed E-state index contributed by atoms with van der Waals surface area (Å²) in [6.45, 7) is 0.795. The van der Waals surface area contributed by atoms with E-state index in [0.29, 0.717) is 56.1 Å². The number of carbonyl (C=O) groups is 4. The van der Waals surface area contributed by atoms with Crippen LogP contribution in [0, 0.1) is 5.92 Å². The Kier molecular flexibility index (Phi) is 9.70. The minimum Gasteiger partial charge on any atom is -0.370 e. The quantitative estimate of drug-likeness (QED) is 0.164. The zero-order chi connectivity index (χ0) is 27.1. The molecular formula is C26H39N7O4S. The number of rotatable bonds is 11. The number of hydrogen-bond acceptors (Lipinski definition) is 7. The van der Waals surface area contributed by atoms with Crippen LogP contribution in [0.5, 0.6) is 0 Å². The van der Waals surface area contributed by atoms with Gasteiger partial charge in [-0.25, -0.2) is 4.98 Å². The van der Waals surface area contributed by atoms with Gasteiger partial charge in [-0.15, -0.1) is 11.3 Å². The van der Waals surface area contributed by atoms with Crippen molar-refractivity contribution in [2.24, 2.45) is 22.4 Å². The molecule has 1 unspecified atom stereocenters. The predicted octanol–water partition coefficient (Wildman–Crippen LogP) is 1.43. The van der Waals surface area contributed by atoms with Crippen molar-refractivity contribution in [3.05, 3.63) is 16.6 Å². The molecule has 3 fully saturated rings. The van der Waals surface area contributed by atoms with Gasteiger partial charge in [0.2, 0.25) is 23.5 Å². The third-order valence-corrected chi connectivity index (χ3v) is 8.70. The molecule has 4 rings (SSSR count). The fourth-order valence-electron chi connectivity index (χ4n) is 5.95. The van der Waals surface area contributed by atoms with Crippen molar-refractivity contribution in [1.82, 2.24) is 20.1 Å². The number of amides is 3. The lowest BCUT2D eigenvalue weighted by Crippen LogP contribution is -2.60. The molecule has 0 spiro atoms. The Hall–Kier alpha value is -3.02. The lowest BCUT2D eigenvalue weighted by Gasteiger charge is -2.39. The van der Waals surface area contributed by atoms with Crippen LogP contribution in [0.15, 0.2) is 16.6 Å². The summed E-state index contributed by atoms with van der Waals surface area (Å²) in [4.78, 5) is 63.8. The molecule has 5 N–H and O–H groups in total. The molecule has 0 aromatic carbocycles. The van der Waals surface area contributed by atoms with E-state index < -0.39 is 12.1 Å². The molecule has 3 heterocycles. The molecule has 3 aliphatic rings. The van der Waals surface area contributed by atoms with Crippen LogP contribution in [-0.2, 0) is 14.4 Å². The molecule has 2 saturated heterocycles. The molecular weight excluding hydrogens is 506 g/mol. The maximum Gasteiger partial charge on any atom is 0.243 e. The maximum absolute atomic E-state index is 13.3. The Morgan fingerprint density at radius 2 is 1.95 bits per heavy atom. The molecule has 38 heavy (non-hydrogen) atoms. The molecule has 3 atom stereocenters. The van der Waals surface area contributed by atoms with Gasteiger partial charge in [0.15, 0.2) is 11.0 Å². The number of thiazole rings is 1. The number of piperazine rings is 1. The number of Topliss-reactive ketones (excluding diaryl/α,β-unsaturated/α-hetero) is 1. The fourth-order valence-corrected chi connectivity index (χ4v) is 6.58. The number of aromatic nitrogens is 1. The number of ketones is 1. The van der Waals surface area contributed by atoms with Crippen molar-refractivity contribution in [3.8, 4) is 0 Å². The highest BCUT2D eigenvalue weighted by atomic mass is 32.1. The Bertz CT molecular complexity index is 1020. The second-order valence-electron chi connectivity index (χ2n) is 10.6. The van der Waals surface area contributed by atoms with Crippen molar-refractivity contribution in [3.63, 3.8) is 0 Å². The highest BCUT2D eigenvalue weighted by molar-refractivity contribution is 7.11. The number of guanidine groups is 1. The SMILES string of the molecule is NC(N)=NCCCC(NC(=O)[C@@H]1CC[C@H]2CN(C(=O)CCC3CCCCC3)CC(=O)N21)C(=O)c1nccs1. The van der Waals surface area contributed by atoms with E-state index in [4.69, 9.17) is 11.5 Å². The number of nitrogens with two attached hydrogens (primary N) is 2. The summed E-state index contributed by atoms with van der Waals surface area (Å²) < 4.78 is 0. The van der Waals surface area contributed by atoms with Gasteiger partial charge in [-0.3, -0.25) is 24.2 Å². The first-order valence-electron chi connectivity index (χ1n) is 13.7. The summed E-state index contributed by atoms with van der Waals surface area (Å²) in [5.74, 6) is -0.212. The summed E-state index contributed by atoms with van der Waals surface area (Å²) >= 11 is 1.22. The van der Waals surface area contributed by atoms with Crippen LogP contribution in [0.3, 0.4) is 0 Å². The molecule has 0 radical (unpaired) electrons. The molecule has 1 aromatic heterocycles. The van der Waals surface area contributed by atoms with Gasteiger partial charge in [-0.2, -0.15) is 0 Å². The normalized spacial score (nSPS) is 22.6. The minimum atomic E-state index is -0.792. The summed E-state index contributed by atoms with van der Waals surface area (Å²) in [6, 6.07) is -1.63. The summed E-state index contributed by atoms with van der Waals surface area (Å²) in [7, 11) is 0. The third kappa shape index (κ3) is 7.09. The fraction of sp³-hybridized carbons (Fsp3) is 0.692. The van der Waals surface area contributed by atoms with Crippen molar-refractivity contribution in [2.75, 3.05) is 19.6 Å². The molecule has 1 aliphatic carbocycles. The van der Waals surface area contributed by atoms with Gasteiger partial charge in [-0.1, -0.05) is 32.1 Å². The van der Waals surface area contributed by atoms with Crippen molar-refractivity contribution in [1.29, 1.82) is 0 Å². The lowest BCUT2D eigenvalue weighted by molar-refractivity contribution is -0.151. The number of nitrogens with one attached hydrogen (secondary N) is 1. The average Bonchev–Trinajstić information content (AvgIpc) is 3.60. The molecule has 1 saturated carbocycles. The number of fused-ring (bicyclic) bond motifs is 1. The van der Waals surface area contributed by atoms with Gasteiger partial charge >= 0.3 is 0 Å². The van der Waals surface area contributed by atoms with Gasteiger partial charge in [0, 0.05) is 31.1 Å². The maximum atomic E-state index is 13.3. The lowest BCUT2D eigenvalue weighted by atomic mass is 9.86. The van der Waals surface area contributed by atoms with E-state index in [9.17, 15) is 19.2 Å². The van der Waals surface area contributed by atoms with Crippen LogP contribution in [-0.4, -0.2) is 82.0 Å². The predicted molar refractivity (Wildman–Crippen MR) is 144 cm³/mol. The number of carbonyl (C=O) groups excluding carboxylic acids is 4. The second-order valence-corrected chi connectivity index (χ2v) is 11.5. The van der Waals surface area contributed by atoms with Gasteiger partial charge in [-0.05, 0) is 38.0 Å². The molecule has 12 heteroatoms. The van der Waals surface area contributed by atoms with Crippen LogP contribution < -0.4 is 16.8 Å². The van der Waals surface area contributed by atoms with E-state index in [1.54, 1.807) is 21.4 Å². The van der Waals surface area contributed by atoms with E-state index in [2.05, 4.69) is 15.3 Å². The van der Waals surface area contributed by atoms with Crippen molar-refractivity contribution in [2.45, 2.75) is 88.8 Å². The van der Waals surface area contributed by atoms with E-state index in [1.165, 1.54) is 43.4 Å². The Morgan fingerprint density at radius 1 is 1.16 bits per heavy atom. The summed E-state index contributed by atoms with van der Waals surface area (Å²) in [5.41, 5.74) is 10.8. The summed E-state index contributed by atoms with van der Waals surface area (Å²) in [5, 5.41) is 4.90. The molecule has 2 aliphatic heterocycles. The Balaban J connectivity index is 1.34. The number of nitrogens with zero attached hydrogens (tertiary/aromatic N) is 4. The van der Waals surface area contributed by atoms with Crippen LogP contribution in [0.4, 0.5) is 0 Å². The topological polar surface area (TPSA) is 164 Å². The van der Waals surface area contributed by atoms with Crippen molar-refractivity contribution >= 4 is 40.8 Å². The van der Waals surface area contributed by atoms with Gasteiger partial charge in [0.05, 0.1) is 18.6 Å². The molecule has 0 bridgehead atoms. The average molecular weight is 546 g/mol. The zero-order valence-electron chi connectivity index (χ0n) is 21.8. The van der Waals surface area contributed by atoms with Crippen LogP contribution >= 0.6 is 11.3 Å². The van der Waals surface area contributed by atoms with E-state index >= 15 is 0 Å². The Morgan fingerprint density at radius 3 is 2.66 bits per heavy atom. The first kappa shape index (κ1) is 28.0. The monoisotopic (exact) mass is 545 g/mol. The number of aliphatic imine (C=N–C) groups is 1. The summed E-state index contributed by atoms with van der Waals surface area (Å²) in [6.07, 6.45) is 11.1. The smallest absolute Gasteiger partial charge is 0.243 e. The zero-order valence-corrected chi connectivity index (χ0v) is 22.7. The largest absolute Gasteiger partial charge is 0.370 e. The van der Waals surface area contributed by atoms with Crippen LogP contribution in [0.25, 0.3) is 0 Å². The minimum absolute atomic E-state index is 0.00374. The third-order valence-electron chi connectivity index (χ3n) is 7.92. The van der Waals surface area contributed by atoms with E-state index in [1.807, 2.05) is 0 Å². The van der Waals surface area contributed by atoms with Gasteiger partial charge in [0.1, 0.15) is 6.04 Å². The van der Waals surface area contributed by atoms with Crippen LogP contribution in [0.1, 0.15) is 80.4 Å². The first-order chi connectivity index (χ1) is 18.3. The van der Waals surface area contributed by atoms with Crippen LogP contribution in [0.2, 0.25) is 0 Å². The second kappa shape index (κ2) is 13.2. The molecule has 1 aromatic rings. The van der Waals surface area contributed by atoms with Gasteiger partial charge < -0.3 is 26.6 Å². The first-order valence-corrected chi connectivity index (χ1v) is 14.6. The highest BCUT2D eigenvalue weighted by Gasteiger charge is 2.46. The molecule has 3 amide bonds. The van der Waals surface area contributed by atoms with Gasteiger partial charge in [0.25, 0.3) is 0 Å².